The van der Waals surface area contributed by atoms with Crippen LogP contribution in [0.4, 0.5) is 0 Å². The second-order valence-corrected chi connectivity index (χ2v) is 3.96. The van der Waals surface area contributed by atoms with Crippen molar-refractivity contribution in [3.8, 4) is 0 Å². The van der Waals surface area contributed by atoms with Crippen LogP contribution < -0.4 is 5.32 Å². The first kappa shape index (κ1) is 11.4. The van der Waals surface area contributed by atoms with Crippen LogP contribution in [-0.4, -0.2) is 16.1 Å². The van der Waals surface area contributed by atoms with E-state index in [1.54, 1.807) is 12.1 Å². The summed E-state index contributed by atoms with van der Waals surface area (Å²) in [6.07, 6.45) is 0. The van der Waals surface area contributed by atoms with Gasteiger partial charge >= 0.3 is 0 Å². The normalized spacial score (nSPS) is 10.2. The average Bonchev–Trinajstić information content (AvgIpc) is 2.67. The van der Waals surface area contributed by atoms with Crippen molar-refractivity contribution in [3.63, 3.8) is 0 Å². The van der Waals surface area contributed by atoms with Crippen molar-refractivity contribution in [2.24, 2.45) is 0 Å². The van der Waals surface area contributed by atoms with E-state index < -0.39 is 0 Å². The molecule has 0 aliphatic heterocycles. The molecule has 2 aromatic rings. The van der Waals surface area contributed by atoms with Gasteiger partial charge in [-0.3, -0.25) is 9.89 Å². The molecule has 1 aromatic carbocycles. The van der Waals surface area contributed by atoms with Gasteiger partial charge in [0.1, 0.15) is 0 Å². The Morgan fingerprint density at radius 3 is 2.59 bits per heavy atom. The molecule has 4 nitrogen and oxygen atoms in total. The second-order valence-electron chi connectivity index (χ2n) is 3.96. The van der Waals surface area contributed by atoms with E-state index in [-0.39, 0.29) is 5.91 Å². The highest BCUT2D eigenvalue weighted by Crippen LogP contribution is 2.09. The molecule has 1 heterocycles. The molecule has 0 radical (unpaired) electrons. The number of rotatable bonds is 3. The molecule has 2 rings (SSSR count). The Morgan fingerprint density at radius 1 is 1.29 bits per heavy atom. The van der Waals surface area contributed by atoms with Crippen LogP contribution in [0.5, 0.6) is 0 Å². The van der Waals surface area contributed by atoms with Crippen LogP contribution >= 0.6 is 0 Å². The summed E-state index contributed by atoms with van der Waals surface area (Å²) >= 11 is 0. The molecule has 0 atom stereocenters. The summed E-state index contributed by atoms with van der Waals surface area (Å²) < 4.78 is 0. The highest BCUT2D eigenvalue weighted by atomic mass is 16.1. The summed E-state index contributed by atoms with van der Waals surface area (Å²) in [5, 5.41) is 9.87. The Hall–Kier alpha value is -2.10. The van der Waals surface area contributed by atoms with Crippen molar-refractivity contribution in [1.29, 1.82) is 0 Å². The fourth-order valence-electron chi connectivity index (χ4n) is 1.69. The number of benzene rings is 1. The Balaban J connectivity index is 2.02. The Kier molecular flexibility index (Phi) is 3.23. The van der Waals surface area contributed by atoms with E-state index in [1.807, 2.05) is 32.0 Å². The molecule has 1 amide bonds. The highest BCUT2D eigenvalue weighted by molar-refractivity contribution is 5.94. The lowest BCUT2D eigenvalue weighted by atomic mass is 10.2. The number of hydrogen-bond donors (Lipinski definition) is 2. The molecule has 0 spiro atoms. The first-order chi connectivity index (χ1) is 8.18. The number of hydrogen-bond acceptors (Lipinski definition) is 2. The van der Waals surface area contributed by atoms with Crippen molar-refractivity contribution in [1.82, 2.24) is 15.5 Å². The fraction of sp³-hybridized carbons (Fsp3) is 0.231. The number of amides is 1. The molecule has 0 unspecified atom stereocenters. The summed E-state index contributed by atoms with van der Waals surface area (Å²) in [5.74, 6) is -0.0643. The zero-order valence-corrected chi connectivity index (χ0v) is 9.95. The molecular weight excluding hydrogens is 214 g/mol. The summed E-state index contributed by atoms with van der Waals surface area (Å²) in [4.78, 5) is 11.8. The predicted octanol–water partition coefficient (Wildman–Crippen LogP) is 1.96. The van der Waals surface area contributed by atoms with E-state index in [0.717, 1.165) is 17.0 Å². The molecular formula is C13H15N3O. The number of carbonyl (C=O) groups is 1. The number of carbonyl (C=O) groups excluding carboxylic acids is 1. The number of aryl methyl sites for hydroxylation is 2. The van der Waals surface area contributed by atoms with E-state index in [1.165, 1.54) is 0 Å². The van der Waals surface area contributed by atoms with Crippen LogP contribution in [-0.2, 0) is 6.54 Å². The van der Waals surface area contributed by atoms with E-state index >= 15 is 0 Å². The molecule has 0 fully saturated rings. The third kappa shape index (κ3) is 2.53. The second kappa shape index (κ2) is 4.82. The van der Waals surface area contributed by atoms with E-state index in [9.17, 15) is 4.79 Å². The van der Waals surface area contributed by atoms with Gasteiger partial charge in [0.25, 0.3) is 5.91 Å². The summed E-state index contributed by atoms with van der Waals surface area (Å²) in [6.45, 7) is 4.37. The zero-order chi connectivity index (χ0) is 12.3. The van der Waals surface area contributed by atoms with Crippen molar-refractivity contribution >= 4 is 5.91 Å². The molecule has 0 saturated heterocycles. The SMILES string of the molecule is Cc1n[nH]c(C)c1CNC(=O)c1ccccc1. The molecule has 2 N–H and O–H groups in total. The van der Waals surface area contributed by atoms with Gasteiger partial charge in [0.2, 0.25) is 0 Å². The third-order valence-corrected chi connectivity index (χ3v) is 2.74. The topological polar surface area (TPSA) is 57.8 Å². The maximum atomic E-state index is 11.8. The van der Waals surface area contributed by atoms with Gasteiger partial charge in [0, 0.05) is 23.4 Å². The van der Waals surface area contributed by atoms with Gasteiger partial charge in [0.15, 0.2) is 0 Å². The monoisotopic (exact) mass is 229 g/mol. The molecule has 0 aliphatic rings. The minimum atomic E-state index is -0.0643. The van der Waals surface area contributed by atoms with Gasteiger partial charge in [-0.1, -0.05) is 18.2 Å². The van der Waals surface area contributed by atoms with Gasteiger partial charge in [-0.2, -0.15) is 5.10 Å². The molecule has 0 saturated carbocycles. The van der Waals surface area contributed by atoms with Crippen molar-refractivity contribution in [2.45, 2.75) is 20.4 Å². The lowest BCUT2D eigenvalue weighted by molar-refractivity contribution is 0.0951. The number of aromatic amines is 1. The van der Waals surface area contributed by atoms with Crippen LogP contribution in [0.1, 0.15) is 27.3 Å². The van der Waals surface area contributed by atoms with Gasteiger partial charge in [-0.05, 0) is 26.0 Å². The van der Waals surface area contributed by atoms with Crippen LogP contribution in [0.15, 0.2) is 30.3 Å². The summed E-state index contributed by atoms with van der Waals surface area (Å²) in [6, 6.07) is 9.18. The quantitative estimate of drug-likeness (QED) is 0.845. The van der Waals surface area contributed by atoms with Crippen LogP contribution in [0.3, 0.4) is 0 Å². The van der Waals surface area contributed by atoms with E-state index in [4.69, 9.17) is 0 Å². The molecule has 0 aliphatic carbocycles. The van der Waals surface area contributed by atoms with Gasteiger partial charge < -0.3 is 5.32 Å². The van der Waals surface area contributed by atoms with Gasteiger partial charge in [-0.25, -0.2) is 0 Å². The van der Waals surface area contributed by atoms with Gasteiger partial charge in [-0.15, -0.1) is 0 Å². The van der Waals surface area contributed by atoms with Crippen LogP contribution in [0, 0.1) is 13.8 Å². The number of nitrogens with zero attached hydrogens (tertiary/aromatic N) is 1. The summed E-state index contributed by atoms with van der Waals surface area (Å²) in [7, 11) is 0. The number of aromatic nitrogens is 2. The Morgan fingerprint density at radius 2 is 2.00 bits per heavy atom. The first-order valence-corrected chi connectivity index (χ1v) is 5.52. The van der Waals surface area contributed by atoms with Crippen LogP contribution in [0.2, 0.25) is 0 Å². The minimum Gasteiger partial charge on any atom is -0.348 e. The lowest BCUT2D eigenvalue weighted by Gasteiger charge is -2.05. The fourth-order valence-corrected chi connectivity index (χ4v) is 1.69. The van der Waals surface area contributed by atoms with Crippen molar-refractivity contribution in [3.05, 3.63) is 52.8 Å². The minimum absolute atomic E-state index is 0.0643. The maximum Gasteiger partial charge on any atom is 0.251 e. The molecule has 1 aromatic heterocycles. The molecule has 4 heteroatoms. The summed E-state index contributed by atoms with van der Waals surface area (Å²) in [5.41, 5.74) is 3.65. The standard InChI is InChI=1S/C13H15N3O/c1-9-12(10(2)16-15-9)8-14-13(17)11-6-4-3-5-7-11/h3-7H,8H2,1-2H3,(H,14,17)(H,15,16). The van der Waals surface area contributed by atoms with E-state index in [0.29, 0.717) is 12.1 Å². The lowest BCUT2D eigenvalue weighted by Crippen LogP contribution is -2.23. The largest absolute Gasteiger partial charge is 0.348 e. The first-order valence-electron chi connectivity index (χ1n) is 5.52. The van der Waals surface area contributed by atoms with Crippen molar-refractivity contribution < 1.29 is 4.79 Å². The third-order valence-electron chi connectivity index (χ3n) is 2.74. The smallest absolute Gasteiger partial charge is 0.251 e. The average molecular weight is 229 g/mol. The highest BCUT2D eigenvalue weighted by Gasteiger charge is 2.08. The molecule has 0 bridgehead atoms. The van der Waals surface area contributed by atoms with Crippen LogP contribution in [0.25, 0.3) is 0 Å². The zero-order valence-electron chi connectivity index (χ0n) is 9.95. The van der Waals surface area contributed by atoms with Crippen molar-refractivity contribution in [2.75, 3.05) is 0 Å². The Bertz CT molecular complexity index is 497. The van der Waals surface area contributed by atoms with E-state index in [2.05, 4.69) is 15.5 Å². The van der Waals surface area contributed by atoms with Gasteiger partial charge in [0.05, 0.1) is 5.69 Å². The predicted molar refractivity (Wildman–Crippen MR) is 65.7 cm³/mol. The molecule has 17 heavy (non-hydrogen) atoms. The molecule has 88 valence electrons. The number of H-pyrrole nitrogens is 1. The Labute approximate surface area is 100 Å². The number of nitrogens with one attached hydrogen (secondary N) is 2. The maximum absolute atomic E-state index is 11.8.